The van der Waals surface area contributed by atoms with Crippen molar-refractivity contribution in [1.29, 1.82) is 0 Å². The molecule has 1 aliphatic carbocycles. The van der Waals surface area contributed by atoms with Crippen LogP contribution in [0.25, 0.3) is 5.76 Å². The molecule has 0 fully saturated rings. The normalized spacial score (nSPS) is 13.8. The van der Waals surface area contributed by atoms with Gasteiger partial charge in [0.2, 0.25) is 0 Å². The van der Waals surface area contributed by atoms with Crippen LogP contribution in [0.3, 0.4) is 0 Å². The van der Waals surface area contributed by atoms with Crippen molar-refractivity contribution in [2.45, 2.75) is 27.2 Å². The van der Waals surface area contributed by atoms with Crippen LogP contribution in [0.15, 0.2) is 23.8 Å². The Hall–Kier alpha value is -1.77. The van der Waals surface area contributed by atoms with Crippen molar-refractivity contribution < 1.29 is 14.3 Å². The van der Waals surface area contributed by atoms with Crippen LogP contribution in [0.1, 0.15) is 31.9 Å². The number of hydrogen-bond acceptors (Lipinski definition) is 3. The van der Waals surface area contributed by atoms with Crippen LogP contribution in [0.2, 0.25) is 0 Å². The molecule has 0 bridgehead atoms. The van der Waals surface area contributed by atoms with Gasteiger partial charge in [0.15, 0.2) is 0 Å². The molecule has 1 aromatic rings. The van der Waals surface area contributed by atoms with Crippen LogP contribution >= 0.6 is 0 Å². The average Bonchev–Trinajstić information content (AvgIpc) is 2.65. The highest BCUT2D eigenvalue weighted by molar-refractivity contribution is 5.83. The molecular formula is C15H18O3. The maximum atomic E-state index is 11.7. The zero-order chi connectivity index (χ0) is 13.3. The molecule has 0 radical (unpaired) electrons. The Kier molecular flexibility index (Phi) is 3.41. The molecule has 3 nitrogen and oxygen atoms in total. The van der Waals surface area contributed by atoms with Gasteiger partial charge in [0, 0.05) is 5.56 Å². The summed E-state index contributed by atoms with van der Waals surface area (Å²) in [5.41, 5.74) is 3.24. The molecule has 2 rings (SSSR count). The summed E-state index contributed by atoms with van der Waals surface area (Å²) in [5, 5.41) is 0. The number of hydrogen-bond donors (Lipinski definition) is 0. The maximum absolute atomic E-state index is 11.7. The quantitative estimate of drug-likeness (QED) is 0.768. The van der Waals surface area contributed by atoms with Gasteiger partial charge >= 0.3 is 5.97 Å². The minimum absolute atomic E-state index is 0.125. The van der Waals surface area contributed by atoms with Crippen molar-refractivity contribution in [3.05, 3.63) is 34.9 Å². The van der Waals surface area contributed by atoms with Crippen molar-refractivity contribution in [3.8, 4) is 5.75 Å². The second kappa shape index (κ2) is 4.84. The fraction of sp³-hybridized carbons (Fsp3) is 0.400. The van der Waals surface area contributed by atoms with Crippen LogP contribution in [0.5, 0.6) is 5.75 Å². The third-order valence-electron chi connectivity index (χ3n) is 3.08. The lowest BCUT2D eigenvalue weighted by molar-refractivity contribution is -0.140. The molecule has 18 heavy (non-hydrogen) atoms. The van der Waals surface area contributed by atoms with E-state index in [1.54, 1.807) is 7.11 Å². The molecular weight excluding hydrogens is 228 g/mol. The van der Waals surface area contributed by atoms with Crippen LogP contribution in [0.4, 0.5) is 0 Å². The first-order valence-electron chi connectivity index (χ1n) is 6.11. The number of rotatable bonds is 3. The number of fused-ring (bicyclic) bond motifs is 1. The van der Waals surface area contributed by atoms with E-state index in [0.29, 0.717) is 5.76 Å². The van der Waals surface area contributed by atoms with Gasteiger partial charge in [-0.1, -0.05) is 19.9 Å². The Morgan fingerprint density at radius 3 is 2.67 bits per heavy atom. The summed E-state index contributed by atoms with van der Waals surface area (Å²) < 4.78 is 10.7. The van der Waals surface area contributed by atoms with Crippen molar-refractivity contribution in [2.24, 2.45) is 5.92 Å². The summed E-state index contributed by atoms with van der Waals surface area (Å²) in [6.45, 7) is 5.66. The molecule has 1 aliphatic rings. The maximum Gasteiger partial charge on any atom is 0.313 e. The van der Waals surface area contributed by atoms with E-state index >= 15 is 0 Å². The van der Waals surface area contributed by atoms with Crippen LogP contribution in [0, 0.1) is 5.92 Å². The Balaban J connectivity index is 2.33. The molecule has 3 heteroatoms. The Labute approximate surface area is 107 Å². The largest absolute Gasteiger partial charge is 0.497 e. The second-order valence-corrected chi connectivity index (χ2v) is 4.89. The molecule has 96 valence electrons. The summed E-state index contributed by atoms with van der Waals surface area (Å²) in [6, 6.07) is 5.88. The number of methoxy groups -OCH3 is 1. The number of esters is 1. The first-order chi connectivity index (χ1) is 8.52. The predicted octanol–water partition coefficient (Wildman–Crippen LogP) is 3.18. The van der Waals surface area contributed by atoms with E-state index < -0.39 is 0 Å². The highest BCUT2D eigenvalue weighted by Crippen LogP contribution is 2.36. The summed E-state index contributed by atoms with van der Waals surface area (Å²) in [6.07, 6.45) is 0.833. The Bertz CT molecular complexity index is 512. The highest BCUT2D eigenvalue weighted by Gasteiger charge is 2.24. The number of carbonyl (C=O) groups is 1. The zero-order valence-corrected chi connectivity index (χ0v) is 11.2. The number of ether oxygens (including phenoxy) is 2. The van der Waals surface area contributed by atoms with Gasteiger partial charge in [-0.15, -0.1) is 0 Å². The molecule has 1 aromatic carbocycles. The third kappa shape index (κ3) is 2.26. The molecule has 0 amide bonds. The monoisotopic (exact) mass is 246 g/mol. The zero-order valence-electron chi connectivity index (χ0n) is 11.2. The van der Waals surface area contributed by atoms with Gasteiger partial charge in [0.1, 0.15) is 11.5 Å². The van der Waals surface area contributed by atoms with Gasteiger partial charge in [-0.25, -0.2) is 0 Å². The lowest BCUT2D eigenvalue weighted by atomic mass is 10.1. The van der Waals surface area contributed by atoms with Crippen LogP contribution < -0.4 is 4.74 Å². The van der Waals surface area contributed by atoms with E-state index in [0.717, 1.165) is 23.3 Å². The Morgan fingerprint density at radius 1 is 1.33 bits per heavy atom. The highest BCUT2D eigenvalue weighted by atomic mass is 16.5. The lowest BCUT2D eigenvalue weighted by Crippen LogP contribution is -2.11. The van der Waals surface area contributed by atoms with Gasteiger partial charge in [-0.2, -0.15) is 0 Å². The first kappa shape index (κ1) is 12.7. The van der Waals surface area contributed by atoms with Crippen molar-refractivity contribution in [1.82, 2.24) is 0 Å². The van der Waals surface area contributed by atoms with Gasteiger partial charge in [0.05, 0.1) is 13.0 Å². The third-order valence-corrected chi connectivity index (χ3v) is 3.08. The Morgan fingerprint density at radius 2 is 2.06 bits per heavy atom. The van der Waals surface area contributed by atoms with Crippen molar-refractivity contribution in [2.75, 3.05) is 7.11 Å². The summed E-state index contributed by atoms with van der Waals surface area (Å²) in [5.74, 6) is 1.16. The minimum atomic E-state index is -0.194. The second-order valence-electron chi connectivity index (χ2n) is 4.89. The molecule has 0 saturated heterocycles. The fourth-order valence-electron chi connectivity index (χ4n) is 2.00. The number of allylic oxidation sites excluding steroid dienone is 1. The summed E-state index contributed by atoms with van der Waals surface area (Å²) in [7, 11) is 1.63. The van der Waals surface area contributed by atoms with E-state index in [4.69, 9.17) is 9.47 Å². The number of benzene rings is 1. The fourth-order valence-corrected chi connectivity index (χ4v) is 2.00. The van der Waals surface area contributed by atoms with Crippen LogP contribution in [-0.4, -0.2) is 13.1 Å². The smallest absolute Gasteiger partial charge is 0.313 e. The van der Waals surface area contributed by atoms with Crippen molar-refractivity contribution >= 4 is 11.7 Å². The molecule has 0 unspecified atom stereocenters. The van der Waals surface area contributed by atoms with Crippen LogP contribution in [-0.2, 0) is 16.0 Å². The number of carbonyl (C=O) groups excluding carboxylic acids is 1. The lowest BCUT2D eigenvalue weighted by Gasteiger charge is -2.11. The molecule has 0 atom stereocenters. The SMILES string of the molecule is COc1ccc2c(c1)C(OC(=O)C(C)C)=C(C)C2. The van der Waals surface area contributed by atoms with Crippen molar-refractivity contribution in [3.63, 3.8) is 0 Å². The van der Waals surface area contributed by atoms with Gasteiger partial charge in [-0.3, -0.25) is 4.79 Å². The van der Waals surface area contributed by atoms with E-state index in [9.17, 15) is 4.79 Å². The molecule has 0 N–H and O–H groups in total. The van der Waals surface area contributed by atoms with Gasteiger partial charge in [-0.05, 0) is 36.6 Å². The minimum Gasteiger partial charge on any atom is -0.497 e. The molecule has 0 heterocycles. The molecule has 0 spiro atoms. The molecule has 0 saturated carbocycles. The summed E-state index contributed by atoms with van der Waals surface area (Å²) >= 11 is 0. The van der Waals surface area contributed by atoms with Gasteiger partial charge in [0.25, 0.3) is 0 Å². The topological polar surface area (TPSA) is 35.5 Å². The molecule has 0 aliphatic heterocycles. The van der Waals surface area contributed by atoms with E-state index in [1.807, 2.05) is 39.0 Å². The van der Waals surface area contributed by atoms with Gasteiger partial charge < -0.3 is 9.47 Å². The molecule has 0 aromatic heterocycles. The predicted molar refractivity (Wildman–Crippen MR) is 70.2 cm³/mol. The average molecular weight is 246 g/mol. The van der Waals surface area contributed by atoms with E-state index in [2.05, 4.69) is 0 Å². The van der Waals surface area contributed by atoms with E-state index in [-0.39, 0.29) is 11.9 Å². The van der Waals surface area contributed by atoms with E-state index in [1.165, 1.54) is 5.56 Å². The first-order valence-corrected chi connectivity index (χ1v) is 6.11. The summed E-state index contributed by atoms with van der Waals surface area (Å²) in [4.78, 5) is 11.7. The standard InChI is InChI=1S/C15H18O3/c1-9(2)15(16)18-14-10(3)7-11-5-6-12(17-4)8-13(11)14/h5-6,8-9H,7H2,1-4H3.